The number of hydrogen-bond acceptors (Lipinski definition) is 6. The molecule has 0 saturated heterocycles. The Morgan fingerprint density at radius 3 is 2.46 bits per heavy atom. The molecule has 1 aliphatic carbocycles. The summed E-state index contributed by atoms with van der Waals surface area (Å²) >= 11 is 6.05. The largest absolute Gasteiger partial charge is 0.353 e. The number of carbonyl (C=O) groups is 1. The summed E-state index contributed by atoms with van der Waals surface area (Å²) in [7, 11) is 0. The van der Waals surface area contributed by atoms with Gasteiger partial charge in [0.05, 0.1) is 6.04 Å². The monoisotopic (exact) mass is 392 g/mol. The molecular weight excluding hydrogens is 376 g/mol. The van der Waals surface area contributed by atoms with Crippen LogP contribution in [0.25, 0.3) is 0 Å². The number of halogens is 1. The van der Waals surface area contributed by atoms with Crippen LogP contribution in [0, 0.1) is 0 Å². The SMILES string of the molecule is O=C1CC(c2ccccc2)CC2=C1C(c1ccc(Cl)cc1)Nc1nonc1N2. The van der Waals surface area contributed by atoms with Gasteiger partial charge in [-0.1, -0.05) is 54.1 Å². The third-order valence-corrected chi connectivity index (χ3v) is 5.56. The van der Waals surface area contributed by atoms with Crippen LogP contribution in [0.15, 0.2) is 70.5 Å². The summed E-state index contributed by atoms with van der Waals surface area (Å²) in [5.74, 6) is 1.20. The quantitative estimate of drug-likeness (QED) is 0.657. The minimum absolute atomic E-state index is 0.108. The van der Waals surface area contributed by atoms with E-state index in [1.54, 1.807) is 0 Å². The van der Waals surface area contributed by atoms with Gasteiger partial charge in [-0.25, -0.2) is 4.63 Å². The number of allylic oxidation sites excluding steroid dienone is 1. The third kappa shape index (κ3) is 2.96. The van der Waals surface area contributed by atoms with Crippen LogP contribution in [0.1, 0.15) is 35.9 Å². The fourth-order valence-electron chi connectivity index (χ4n) is 3.97. The summed E-state index contributed by atoms with van der Waals surface area (Å²) in [5, 5.41) is 15.1. The topological polar surface area (TPSA) is 80.1 Å². The molecule has 0 radical (unpaired) electrons. The molecule has 0 bridgehead atoms. The molecule has 6 nitrogen and oxygen atoms in total. The predicted molar refractivity (Wildman–Crippen MR) is 106 cm³/mol. The standard InChI is InChI=1S/C21H17ClN4O2/c22-15-8-6-13(7-9-15)19-18-16(23-20-21(24-19)26-28-25-20)10-14(11-17(18)27)12-4-2-1-3-5-12/h1-9,14,19H,10-11H2,(H,23,25)(H,24,26). The highest BCUT2D eigenvalue weighted by Crippen LogP contribution is 2.43. The second-order valence-electron chi connectivity index (χ2n) is 7.05. The van der Waals surface area contributed by atoms with Crippen molar-refractivity contribution in [3.8, 4) is 0 Å². The molecule has 0 spiro atoms. The highest BCUT2D eigenvalue weighted by Gasteiger charge is 2.37. The molecule has 7 heteroatoms. The van der Waals surface area contributed by atoms with Gasteiger partial charge in [-0.15, -0.1) is 0 Å². The van der Waals surface area contributed by atoms with E-state index < -0.39 is 0 Å². The average Bonchev–Trinajstić information content (AvgIpc) is 3.08. The second-order valence-corrected chi connectivity index (χ2v) is 7.48. The molecular formula is C21H17ClN4O2. The number of fused-ring (bicyclic) bond motifs is 1. The normalized spacial score (nSPS) is 21.2. The number of rotatable bonds is 2. The minimum atomic E-state index is -0.350. The Bertz CT molecular complexity index is 1060. The molecule has 5 rings (SSSR count). The number of hydrogen-bond donors (Lipinski definition) is 2. The van der Waals surface area contributed by atoms with Crippen molar-refractivity contribution in [3.63, 3.8) is 0 Å². The summed E-state index contributed by atoms with van der Waals surface area (Å²) in [6, 6.07) is 17.2. The lowest BCUT2D eigenvalue weighted by Gasteiger charge is -2.29. The van der Waals surface area contributed by atoms with Crippen LogP contribution in [-0.4, -0.2) is 16.1 Å². The second kappa shape index (κ2) is 6.80. The van der Waals surface area contributed by atoms with Crippen LogP contribution in [-0.2, 0) is 4.79 Å². The van der Waals surface area contributed by atoms with E-state index in [9.17, 15) is 4.79 Å². The first-order chi connectivity index (χ1) is 13.7. The maximum atomic E-state index is 13.3. The molecule has 0 saturated carbocycles. The number of carbonyl (C=O) groups excluding carboxylic acids is 1. The lowest BCUT2D eigenvalue weighted by atomic mass is 9.78. The predicted octanol–water partition coefficient (Wildman–Crippen LogP) is 4.70. The van der Waals surface area contributed by atoms with Crippen LogP contribution in [0.2, 0.25) is 5.02 Å². The number of benzene rings is 2. The van der Waals surface area contributed by atoms with Gasteiger partial charge in [-0.2, -0.15) is 0 Å². The van der Waals surface area contributed by atoms with Gasteiger partial charge in [-0.05, 0) is 45.9 Å². The van der Waals surface area contributed by atoms with Gasteiger partial charge in [0.2, 0.25) is 11.6 Å². The number of Topliss-reactive ketones (excluding diaryl/α,β-unsaturated/α-hetero) is 1. The Labute approximate surface area is 166 Å². The zero-order valence-electron chi connectivity index (χ0n) is 14.9. The van der Waals surface area contributed by atoms with E-state index in [1.807, 2.05) is 42.5 Å². The molecule has 3 aromatic rings. The zero-order valence-corrected chi connectivity index (χ0v) is 15.6. The smallest absolute Gasteiger partial charge is 0.219 e. The van der Waals surface area contributed by atoms with Gasteiger partial charge in [0.15, 0.2) is 5.78 Å². The highest BCUT2D eigenvalue weighted by atomic mass is 35.5. The Morgan fingerprint density at radius 2 is 1.68 bits per heavy atom. The Kier molecular flexibility index (Phi) is 4.13. The van der Waals surface area contributed by atoms with Gasteiger partial charge in [0.1, 0.15) is 0 Å². The van der Waals surface area contributed by atoms with Gasteiger partial charge in [0.25, 0.3) is 0 Å². The highest BCUT2D eigenvalue weighted by molar-refractivity contribution is 6.30. The zero-order chi connectivity index (χ0) is 19.1. The fraction of sp³-hybridized carbons (Fsp3) is 0.190. The van der Waals surface area contributed by atoms with Gasteiger partial charge in [-0.3, -0.25) is 4.79 Å². The van der Waals surface area contributed by atoms with Crippen molar-refractivity contribution in [2.24, 2.45) is 0 Å². The first-order valence-electron chi connectivity index (χ1n) is 9.12. The third-order valence-electron chi connectivity index (χ3n) is 5.31. The number of aromatic nitrogens is 2. The maximum absolute atomic E-state index is 13.3. The first-order valence-corrected chi connectivity index (χ1v) is 9.49. The van der Waals surface area contributed by atoms with E-state index in [4.69, 9.17) is 16.2 Å². The summed E-state index contributed by atoms with van der Waals surface area (Å²) in [5.41, 5.74) is 3.66. The fourth-order valence-corrected chi connectivity index (χ4v) is 4.09. The molecule has 0 fully saturated rings. The average molecular weight is 393 g/mol. The molecule has 1 aromatic heterocycles. The molecule has 2 unspecified atom stereocenters. The Hall–Kier alpha value is -3.12. The molecule has 1 aliphatic heterocycles. The molecule has 2 aliphatic rings. The number of nitrogens with one attached hydrogen (secondary N) is 2. The van der Waals surface area contributed by atoms with Crippen LogP contribution >= 0.6 is 11.6 Å². The van der Waals surface area contributed by atoms with Gasteiger partial charge in [0, 0.05) is 22.7 Å². The molecule has 2 heterocycles. The molecule has 2 atom stereocenters. The van der Waals surface area contributed by atoms with E-state index in [1.165, 1.54) is 0 Å². The van der Waals surface area contributed by atoms with E-state index in [-0.39, 0.29) is 17.7 Å². The Morgan fingerprint density at radius 1 is 0.929 bits per heavy atom. The van der Waals surface area contributed by atoms with Crippen LogP contribution in [0.4, 0.5) is 11.6 Å². The summed E-state index contributed by atoms with van der Waals surface area (Å²) < 4.78 is 4.89. The molecule has 0 amide bonds. The van der Waals surface area contributed by atoms with Crippen molar-refractivity contribution in [2.45, 2.75) is 24.8 Å². The first kappa shape index (κ1) is 17.0. The van der Waals surface area contributed by atoms with Crippen LogP contribution < -0.4 is 10.6 Å². The van der Waals surface area contributed by atoms with Gasteiger partial charge < -0.3 is 10.6 Å². The van der Waals surface area contributed by atoms with Crippen LogP contribution in [0.3, 0.4) is 0 Å². The molecule has 2 aromatic carbocycles. The number of ketones is 1. The van der Waals surface area contributed by atoms with E-state index in [2.05, 4.69) is 33.1 Å². The lowest BCUT2D eigenvalue weighted by molar-refractivity contribution is -0.116. The van der Waals surface area contributed by atoms with Crippen molar-refractivity contribution in [2.75, 3.05) is 10.6 Å². The minimum Gasteiger partial charge on any atom is -0.353 e. The lowest BCUT2D eigenvalue weighted by Crippen LogP contribution is -2.27. The van der Waals surface area contributed by atoms with E-state index in [0.717, 1.165) is 16.8 Å². The van der Waals surface area contributed by atoms with Crippen molar-refractivity contribution in [3.05, 3.63) is 82.0 Å². The van der Waals surface area contributed by atoms with Crippen molar-refractivity contribution in [1.29, 1.82) is 0 Å². The van der Waals surface area contributed by atoms with Gasteiger partial charge >= 0.3 is 0 Å². The number of anilines is 2. The molecule has 2 N–H and O–H groups in total. The van der Waals surface area contributed by atoms with Crippen molar-refractivity contribution in [1.82, 2.24) is 10.3 Å². The van der Waals surface area contributed by atoms with Crippen LogP contribution in [0.5, 0.6) is 0 Å². The molecule has 28 heavy (non-hydrogen) atoms. The Balaban J connectivity index is 1.60. The van der Waals surface area contributed by atoms with E-state index >= 15 is 0 Å². The van der Waals surface area contributed by atoms with Crippen molar-refractivity contribution >= 4 is 29.0 Å². The summed E-state index contributed by atoms with van der Waals surface area (Å²) in [4.78, 5) is 13.3. The summed E-state index contributed by atoms with van der Waals surface area (Å²) in [6.45, 7) is 0. The molecule has 140 valence electrons. The van der Waals surface area contributed by atoms with Crippen molar-refractivity contribution < 1.29 is 9.42 Å². The summed E-state index contributed by atoms with van der Waals surface area (Å²) in [6.07, 6.45) is 1.18. The number of nitrogens with zero attached hydrogens (tertiary/aromatic N) is 2. The van der Waals surface area contributed by atoms with E-state index in [0.29, 0.717) is 35.1 Å². The maximum Gasteiger partial charge on any atom is 0.219 e.